The average Bonchev–Trinajstić information content (AvgIpc) is 2.23. The van der Waals surface area contributed by atoms with Gasteiger partial charge in [-0.1, -0.05) is 13.0 Å². The lowest BCUT2D eigenvalue weighted by atomic mass is 9.84. The first-order chi connectivity index (χ1) is 7.18. The van der Waals surface area contributed by atoms with Gasteiger partial charge in [0.15, 0.2) is 0 Å². The van der Waals surface area contributed by atoms with E-state index in [1.165, 1.54) is 0 Å². The van der Waals surface area contributed by atoms with Gasteiger partial charge in [0, 0.05) is 18.3 Å². The summed E-state index contributed by atoms with van der Waals surface area (Å²) in [5.41, 5.74) is 0.0310. The maximum Gasteiger partial charge on any atom is 0.250 e. The molecule has 2 rings (SSSR count). The zero-order chi connectivity index (χ0) is 10.8. The molecule has 3 heteroatoms. The number of aliphatic hydroxyl groups excluding tert-OH is 1. The van der Waals surface area contributed by atoms with Crippen LogP contribution in [0.3, 0.4) is 0 Å². The monoisotopic (exact) mass is 207 g/mol. The second-order valence-electron chi connectivity index (χ2n) is 4.46. The van der Waals surface area contributed by atoms with E-state index in [1.807, 2.05) is 12.3 Å². The summed E-state index contributed by atoms with van der Waals surface area (Å²) in [6, 6.07) is 5.36. The minimum atomic E-state index is -0.252. The van der Waals surface area contributed by atoms with E-state index in [9.17, 15) is 9.90 Å². The Kier molecular flexibility index (Phi) is 2.91. The number of nitrogens with zero attached hydrogens (tertiary/aromatic N) is 1. The molecule has 3 unspecified atom stereocenters. The lowest BCUT2D eigenvalue weighted by Crippen LogP contribution is -2.34. The zero-order valence-electron chi connectivity index (χ0n) is 8.97. The Bertz CT molecular complexity index is 385. The number of hydrogen-bond donors (Lipinski definition) is 1. The molecule has 1 heterocycles. The molecule has 0 aromatic carbocycles. The topological polar surface area (TPSA) is 42.2 Å². The number of hydrogen-bond acceptors (Lipinski definition) is 2. The largest absolute Gasteiger partial charge is 0.393 e. The van der Waals surface area contributed by atoms with E-state index < -0.39 is 0 Å². The van der Waals surface area contributed by atoms with E-state index in [2.05, 4.69) is 6.92 Å². The Hall–Kier alpha value is -1.09. The maximum absolute atomic E-state index is 11.7. The van der Waals surface area contributed by atoms with Crippen LogP contribution < -0.4 is 5.56 Å². The molecule has 3 atom stereocenters. The molecule has 0 bridgehead atoms. The highest BCUT2D eigenvalue weighted by molar-refractivity contribution is 4.97. The SMILES string of the molecule is CC1CCC(O)CC1n1ccccc1=O. The molecule has 0 saturated heterocycles. The van der Waals surface area contributed by atoms with Gasteiger partial charge in [-0.25, -0.2) is 0 Å². The van der Waals surface area contributed by atoms with Crippen LogP contribution in [0.4, 0.5) is 0 Å². The Balaban J connectivity index is 2.29. The molecule has 0 radical (unpaired) electrons. The lowest BCUT2D eigenvalue weighted by molar-refractivity contribution is 0.0767. The number of rotatable bonds is 1. The molecule has 1 aliphatic carbocycles. The number of aliphatic hydroxyl groups is 1. The van der Waals surface area contributed by atoms with Crippen molar-refractivity contribution in [1.29, 1.82) is 0 Å². The fourth-order valence-electron chi connectivity index (χ4n) is 2.38. The van der Waals surface area contributed by atoms with E-state index in [0.29, 0.717) is 12.3 Å². The lowest BCUT2D eigenvalue weighted by Gasteiger charge is -2.33. The third-order valence-corrected chi connectivity index (χ3v) is 3.33. The van der Waals surface area contributed by atoms with Gasteiger partial charge in [-0.15, -0.1) is 0 Å². The first-order valence-electron chi connectivity index (χ1n) is 5.53. The van der Waals surface area contributed by atoms with Crippen molar-refractivity contribution in [2.75, 3.05) is 0 Å². The second-order valence-corrected chi connectivity index (χ2v) is 4.46. The first-order valence-corrected chi connectivity index (χ1v) is 5.53. The summed E-state index contributed by atoms with van der Waals surface area (Å²) in [6.07, 6.45) is 4.12. The molecule has 3 nitrogen and oxygen atoms in total. The Morgan fingerprint density at radius 2 is 2.20 bits per heavy atom. The highest BCUT2D eigenvalue weighted by Crippen LogP contribution is 2.32. The molecule has 0 amide bonds. The van der Waals surface area contributed by atoms with E-state index in [0.717, 1.165) is 12.8 Å². The van der Waals surface area contributed by atoms with Crippen molar-refractivity contribution in [3.8, 4) is 0 Å². The van der Waals surface area contributed by atoms with Crippen LogP contribution in [0.2, 0.25) is 0 Å². The maximum atomic E-state index is 11.7. The van der Waals surface area contributed by atoms with Crippen molar-refractivity contribution < 1.29 is 5.11 Å². The van der Waals surface area contributed by atoms with Crippen LogP contribution in [0.5, 0.6) is 0 Å². The van der Waals surface area contributed by atoms with Crippen molar-refractivity contribution >= 4 is 0 Å². The van der Waals surface area contributed by atoms with Crippen molar-refractivity contribution in [1.82, 2.24) is 4.57 Å². The van der Waals surface area contributed by atoms with Gasteiger partial charge in [-0.3, -0.25) is 4.79 Å². The molecule has 1 saturated carbocycles. The Morgan fingerprint density at radius 1 is 1.40 bits per heavy atom. The van der Waals surface area contributed by atoms with Crippen LogP contribution in [0, 0.1) is 5.92 Å². The van der Waals surface area contributed by atoms with E-state index >= 15 is 0 Å². The average molecular weight is 207 g/mol. The molecule has 1 aromatic heterocycles. The summed E-state index contributed by atoms with van der Waals surface area (Å²) in [5.74, 6) is 0.466. The summed E-state index contributed by atoms with van der Waals surface area (Å²) in [4.78, 5) is 11.7. The molecule has 1 N–H and O–H groups in total. The summed E-state index contributed by atoms with van der Waals surface area (Å²) in [7, 11) is 0. The minimum Gasteiger partial charge on any atom is -0.393 e. The number of aromatic nitrogens is 1. The molecule has 0 aliphatic heterocycles. The van der Waals surface area contributed by atoms with Gasteiger partial charge < -0.3 is 9.67 Å². The normalized spacial score (nSPS) is 31.5. The summed E-state index contributed by atoms with van der Waals surface area (Å²) < 4.78 is 1.76. The number of pyridine rings is 1. The molecule has 82 valence electrons. The summed E-state index contributed by atoms with van der Waals surface area (Å²) in [6.45, 7) is 2.15. The highest BCUT2D eigenvalue weighted by Gasteiger charge is 2.27. The van der Waals surface area contributed by atoms with Crippen molar-refractivity contribution in [3.63, 3.8) is 0 Å². The predicted molar refractivity (Wildman–Crippen MR) is 58.8 cm³/mol. The van der Waals surface area contributed by atoms with Gasteiger partial charge >= 0.3 is 0 Å². The van der Waals surface area contributed by atoms with Crippen LogP contribution in [-0.2, 0) is 0 Å². The molecule has 1 fully saturated rings. The molecule has 1 aromatic rings. The second kappa shape index (κ2) is 4.19. The van der Waals surface area contributed by atoms with Gasteiger partial charge in [-0.05, 0) is 31.2 Å². The van der Waals surface area contributed by atoms with Gasteiger partial charge in [0.1, 0.15) is 0 Å². The molecule has 15 heavy (non-hydrogen) atoms. The van der Waals surface area contributed by atoms with Crippen molar-refractivity contribution in [3.05, 3.63) is 34.7 Å². The van der Waals surface area contributed by atoms with Crippen LogP contribution in [0.15, 0.2) is 29.2 Å². The third kappa shape index (κ3) is 2.12. The fraction of sp³-hybridized carbons (Fsp3) is 0.583. The first kappa shape index (κ1) is 10.4. The van der Waals surface area contributed by atoms with Gasteiger partial charge in [0.25, 0.3) is 5.56 Å². The molecular formula is C12H17NO2. The van der Waals surface area contributed by atoms with Crippen molar-refractivity contribution in [2.45, 2.75) is 38.3 Å². The Labute approximate surface area is 89.4 Å². The van der Waals surface area contributed by atoms with E-state index in [-0.39, 0.29) is 17.7 Å². The van der Waals surface area contributed by atoms with E-state index in [1.54, 1.807) is 16.7 Å². The minimum absolute atomic E-state index is 0.0310. The van der Waals surface area contributed by atoms with Gasteiger partial charge in [0.05, 0.1) is 6.10 Å². The smallest absolute Gasteiger partial charge is 0.250 e. The van der Waals surface area contributed by atoms with Crippen molar-refractivity contribution in [2.24, 2.45) is 5.92 Å². The van der Waals surface area contributed by atoms with Gasteiger partial charge in [-0.2, -0.15) is 0 Å². The zero-order valence-corrected chi connectivity index (χ0v) is 8.97. The predicted octanol–water partition coefficient (Wildman–Crippen LogP) is 1.57. The van der Waals surface area contributed by atoms with Crippen LogP contribution >= 0.6 is 0 Å². The quantitative estimate of drug-likeness (QED) is 0.759. The summed E-state index contributed by atoms with van der Waals surface area (Å²) in [5, 5.41) is 9.63. The van der Waals surface area contributed by atoms with Crippen LogP contribution in [0.1, 0.15) is 32.2 Å². The Morgan fingerprint density at radius 3 is 2.93 bits per heavy atom. The van der Waals surface area contributed by atoms with Gasteiger partial charge in [0.2, 0.25) is 0 Å². The van der Waals surface area contributed by atoms with Crippen LogP contribution in [-0.4, -0.2) is 15.8 Å². The third-order valence-electron chi connectivity index (χ3n) is 3.33. The molecular weight excluding hydrogens is 190 g/mol. The standard InChI is InChI=1S/C12H17NO2/c1-9-5-6-10(14)8-11(9)13-7-3-2-4-12(13)15/h2-4,7,9-11,14H,5-6,8H2,1H3. The summed E-state index contributed by atoms with van der Waals surface area (Å²) >= 11 is 0. The molecule has 0 spiro atoms. The van der Waals surface area contributed by atoms with E-state index in [4.69, 9.17) is 0 Å². The highest BCUT2D eigenvalue weighted by atomic mass is 16.3. The van der Waals surface area contributed by atoms with Crippen LogP contribution in [0.25, 0.3) is 0 Å². The fourth-order valence-corrected chi connectivity index (χ4v) is 2.38. The molecule has 1 aliphatic rings.